The van der Waals surface area contributed by atoms with E-state index >= 15 is 0 Å². The van der Waals surface area contributed by atoms with Gasteiger partial charge in [0.1, 0.15) is 18.0 Å². The molecule has 0 radical (unpaired) electrons. The smallest absolute Gasteiger partial charge is 0.137 e. The minimum Gasteiger partial charge on any atom is -0.383 e. The quantitative estimate of drug-likeness (QED) is 0.846. The molecule has 88 valence electrons. The molecule has 2 N–H and O–H groups in total. The number of rotatable bonds is 3. The van der Waals surface area contributed by atoms with Gasteiger partial charge in [0.05, 0.1) is 0 Å². The van der Waals surface area contributed by atoms with Gasteiger partial charge in [0.2, 0.25) is 0 Å². The van der Waals surface area contributed by atoms with Crippen molar-refractivity contribution >= 4 is 11.6 Å². The van der Waals surface area contributed by atoms with E-state index in [1.54, 1.807) is 6.33 Å². The number of nitrogens with zero attached hydrogens (tertiary/aromatic N) is 3. The van der Waals surface area contributed by atoms with E-state index in [-0.39, 0.29) is 0 Å². The fourth-order valence-corrected chi connectivity index (χ4v) is 2.44. The van der Waals surface area contributed by atoms with Crippen LogP contribution in [-0.2, 0) is 0 Å². The lowest BCUT2D eigenvalue weighted by Crippen LogP contribution is -2.22. The van der Waals surface area contributed by atoms with Gasteiger partial charge in [-0.25, -0.2) is 9.97 Å². The van der Waals surface area contributed by atoms with Crippen molar-refractivity contribution in [3.05, 3.63) is 11.9 Å². The van der Waals surface area contributed by atoms with Gasteiger partial charge in [-0.1, -0.05) is 13.3 Å². The van der Waals surface area contributed by atoms with Gasteiger partial charge in [-0.2, -0.15) is 0 Å². The highest BCUT2D eigenvalue weighted by atomic mass is 15.2. The number of anilines is 2. The average molecular weight is 220 g/mol. The summed E-state index contributed by atoms with van der Waals surface area (Å²) in [5, 5.41) is 0. The Morgan fingerprint density at radius 2 is 2.31 bits per heavy atom. The SMILES string of the molecule is CCCC1CCN(c2ncnc(N)c2C)C1. The molecule has 0 spiro atoms. The standard InChI is InChI=1S/C12H20N4/c1-3-4-10-5-6-16(7-10)12-9(2)11(13)14-8-15-12/h8,10H,3-7H2,1-2H3,(H2,13,14,15). The van der Waals surface area contributed by atoms with E-state index in [1.807, 2.05) is 6.92 Å². The molecule has 0 aromatic carbocycles. The van der Waals surface area contributed by atoms with Crippen LogP contribution in [0.2, 0.25) is 0 Å². The van der Waals surface area contributed by atoms with Crippen molar-refractivity contribution in [2.45, 2.75) is 33.1 Å². The minimum atomic E-state index is 0.601. The predicted molar refractivity (Wildman–Crippen MR) is 66.4 cm³/mol. The van der Waals surface area contributed by atoms with Gasteiger partial charge in [0.25, 0.3) is 0 Å². The summed E-state index contributed by atoms with van der Waals surface area (Å²) in [5.41, 5.74) is 6.82. The molecule has 4 heteroatoms. The second-order valence-corrected chi connectivity index (χ2v) is 4.60. The van der Waals surface area contributed by atoms with Crippen LogP contribution < -0.4 is 10.6 Å². The van der Waals surface area contributed by atoms with Gasteiger partial charge in [-0.15, -0.1) is 0 Å². The Balaban J connectivity index is 2.11. The molecular weight excluding hydrogens is 200 g/mol. The Kier molecular flexibility index (Phi) is 3.27. The lowest BCUT2D eigenvalue weighted by atomic mass is 10.0. The summed E-state index contributed by atoms with van der Waals surface area (Å²) in [4.78, 5) is 10.7. The molecule has 1 aromatic heterocycles. The van der Waals surface area contributed by atoms with Gasteiger partial charge in [0, 0.05) is 18.7 Å². The minimum absolute atomic E-state index is 0.601. The molecule has 0 aliphatic carbocycles. The maximum absolute atomic E-state index is 5.80. The van der Waals surface area contributed by atoms with Crippen molar-refractivity contribution in [3.8, 4) is 0 Å². The largest absolute Gasteiger partial charge is 0.383 e. The van der Waals surface area contributed by atoms with Crippen LogP contribution in [0.3, 0.4) is 0 Å². The summed E-state index contributed by atoms with van der Waals surface area (Å²) >= 11 is 0. The van der Waals surface area contributed by atoms with Gasteiger partial charge >= 0.3 is 0 Å². The summed E-state index contributed by atoms with van der Waals surface area (Å²) in [6.07, 6.45) is 5.42. The third-order valence-corrected chi connectivity index (χ3v) is 3.38. The van der Waals surface area contributed by atoms with Gasteiger partial charge in [0.15, 0.2) is 0 Å². The normalized spacial score (nSPS) is 20.4. The van der Waals surface area contributed by atoms with Gasteiger partial charge in [-0.3, -0.25) is 0 Å². The molecule has 1 atom stereocenters. The Bertz CT molecular complexity index is 364. The molecule has 1 saturated heterocycles. The first-order chi connectivity index (χ1) is 7.72. The van der Waals surface area contributed by atoms with Crippen molar-refractivity contribution in [3.63, 3.8) is 0 Å². The molecule has 0 saturated carbocycles. The van der Waals surface area contributed by atoms with E-state index in [0.717, 1.165) is 30.4 Å². The maximum atomic E-state index is 5.80. The average Bonchev–Trinajstić information content (AvgIpc) is 2.71. The molecule has 0 amide bonds. The number of nitrogen functional groups attached to an aromatic ring is 1. The van der Waals surface area contributed by atoms with Crippen LogP contribution in [-0.4, -0.2) is 23.1 Å². The van der Waals surface area contributed by atoms with Crippen molar-refractivity contribution in [1.29, 1.82) is 0 Å². The van der Waals surface area contributed by atoms with Crippen LogP contribution in [0.4, 0.5) is 11.6 Å². The molecule has 4 nitrogen and oxygen atoms in total. The van der Waals surface area contributed by atoms with E-state index in [0.29, 0.717) is 5.82 Å². The number of hydrogen-bond acceptors (Lipinski definition) is 4. The second kappa shape index (κ2) is 4.68. The van der Waals surface area contributed by atoms with Gasteiger partial charge in [-0.05, 0) is 25.7 Å². The van der Waals surface area contributed by atoms with E-state index in [4.69, 9.17) is 5.73 Å². The number of hydrogen-bond donors (Lipinski definition) is 1. The van der Waals surface area contributed by atoms with E-state index in [2.05, 4.69) is 21.8 Å². The highest BCUT2D eigenvalue weighted by Crippen LogP contribution is 2.28. The third kappa shape index (κ3) is 2.10. The monoisotopic (exact) mass is 220 g/mol. The number of aromatic nitrogens is 2. The molecule has 0 bridgehead atoms. The summed E-state index contributed by atoms with van der Waals surface area (Å²) < 4.78 is 0. The second-order valence-electron chi connectivity index (χ2n) is 4.60. The van der Waals surface area contributed by atoms with Crippen molar-refractivity contribution in [2.75, 3.05) is 23.7 Å². The van der Waals surface area contributed by atoms with E-state index in [9.17, 15) is 0 Å². The van der Waals surface area contributed by atoms with Crippen LogP contribution in [0.5, 0.6) is 0 Å². The van der Waals surface area contributed by atoms with Crippen LogP contribution in [0.25, 0.3) is 0 Å². The first-order valence-corrected chi connectivity index (χ1v) is 6.04. The zero-order valence-corrected chi connectivity index (χ0v) is 10.1. The lowest BCUT2D eigenvalue weighted by Gasteiger charge is -2.19. The highest BCUT2D eigenvalue weighted by molar-refractivity contribution is 5.56. The predicted octanol–water partition coefficient (Wildman–Crippen LogP) is 1.99. The lowest BCUT2D eigenvalue weighted by molar-refractivity contribution is 0.529. The molecule has 16 heavy (non-hydrogen) atoms. The highest BCUT2D eigenvalue weighted by Gasteiger charge is 2.24. The summed E-state index contributed by atoms with van der Waals surface area (Å²) in [7, 11) is 0. The van der Waals surface area contributed by atoms with Crippen molar-refractivity contribution < 1.29 is 0 Å². The Morgan fingerprint density at radius 3 is 3.06 bits per heavy atom. The zero-order chi connectivity index (χ0) is 11.5. The summed E-state index contributed by atoms with van der Waals surface area (Å²) in [6.45, 7) is 6.46. The summed E-state index contributed by atoms with van der Waals surface area (Å²) in [6, 6.07) is 0. The molecule has 2 rings (SSSR count). The van der Waals surface area contributed by atoms with Crippen LogP contribution in [0, 0.1) is 12.8 Å². The first kappa shape index (κ1) is 11.2. The van der Waals surface area contributed by atoms with Crippen LogP contribution >= 0.6 is 0 Å². The molecule has 1 unspecified atom stereocenters. The molecule has 2 heterocycles. The molecule has 1 aliphatic heterocycles. The Labute approximate surface area is 96.9 Å². The molecule has 1 aromatic rings. The molecule has 1 fully saturated rings. The molecule has 1 aliphatic rings. The number of nitrogens with two attached hydrogens (primary N) is 1. The molecular formula is C12H20N4. The zero-order valence-electron chi connectivity index (χ0n) is 10.1. The Hall–Kier alpha value is -1.32. The first-order valence-electron chi connectivity index (χ1n) is 6.04. The topological polar surface area (TPSA) is 55.0 Å². The van der Waals surface area contributed by atoms with E-state index in [1.165, 1.54) is 19.3 Å². The Morgan fingerprint density at radius 1 is 1.50 bits per heavy atom. The van der Waals surface area contributed by atoms with E-state index < -0.39 is 0 Å². The van der Waals surface area contributed by atoms with Crippen LogP contribution in [0.1, 0.15) is 31.7 Å². The van der Waals surface area contributed by atoms with Crippen molar-refractivity contribution in [1.82, 2.24) is 9.97 Å². The fourth-order valence-electron chi connectivity index (χ4n) is 2.44. The summed E-state index contributed by atoms with van der Waals surface area (Å²) in [5.74, 6) is 2.44. The van der Waals surface area contributed by atoms with Crippen molar-refractivity contribution in [2.24, 2.45) is 5.92 Å². The third-order valence-electron chi connectivity index (χ3n) is 3.38. The van der Waals surface area contributed by atoms with Crippen LogP contribution in [0.15, 0.2) is 6.33 Å². The fraction of sp³-hybridized carbons (Fsp3) is 0.667. The maximum Gasteiger partial charge on any atom is 0.137 e. The van der Waals surface area contributed by atoms with Gasteiger partial charge < -0.3 is 10.6 Å².